The van der Waals surface area contributed by atoms with E-state index in [1.807, 2.05) is 18.2 Å². The first-order valence-electron chi connectivity index (χ1n) is 7.23. The van der Waals surface area contributed by atoms with Crippen molar-refractivity contribution in [2.24, 2.45) is 10.9 Å². The minimum absolute atomic E-state index is 0.142. The maximum absolute atomic E-state index is 12.0. The number of nitrogens with two attached hydrogens (primary N) is 1. The van der Waals surface area contributed by atoms with Crippen LogP contribution in [-0.2, 0) is 16.2 Å². The summed E-state index contributed by atoms with van der Waals surface area (Å²) < 4.78 is 0. The highest BCUT2D eigenvalue weighted by Gasteiger charge is 2.14. The zero-order valence-corrected chi connectivity index (χ0v) is 14.5. The van der Waals surface area contributed by atoms with Crippen LogP contribution >= 0.6 is 23.2 Å². The summed E-state index contributed by atoms with van der Waals surface area (Å²) in [6.07, 6.45) is -0.801. The fourth-order valence-electron chi connectivity index (χ4n) is 1.85. The maximum Gasteiger partial charge on any atom is 0.263 e. The number of nitrogens with one attached hydrogen (secondary N) is 1. The number of hydrogen-bond donors (Lipinski definition) is 2. The van der Waals surface area contributed by atoms with E-state index in [-0.39, 0.29) is 11.7 Å². The monoisotopic (exact) mass is 365 g/mol. The predicted molar refractivity (Wildman–Crippen MR) is 96.0 cm³/mol. The van der Waals surface area contributed by atoms with E-state index in [9.17, 15) is 4.79 Å². The molecule has 2 aromatic rings. The van der Waals surface area contributed by atoms with Gasteiger partial charge in [-0.2, -0.15) is 0 Å². The van der Waals surface area contributed by atoms with Gasteiger partial charge in [0.15, 0.2) is 5.84 Å². The number of amides is 1. The van der Waals surface area contributed by atoms with Gasteiger partial charge in [-0.25, -0.2) is 0 Å². The maximum atomic E-state index is 12.0. The van der Waals surface area contributed by atoms with E-state index in [2.05, 4.69) is 10.5 Å². The number of halogens is 2. The second kappa shape index (κ2) is 8.57. The molecular weight excluding hydrogens is 349 g/mol. The van der Waals surface area contributed by atoms with Gasteiger partial charge in [0.2, 0.25) is 6.10 Å². The Labute approximate surface area is 150 Å². The summed E-state index contributed by atoms with van der Waals surface area (Å²) in [5.41, 5.74) is 7.25. The van der Waals surface area contributed by atoms with Crippen molar-refractivity contribution in [1.29, 1.82) is 0 Å². The molecule has 0 saturated carbocycles. The van der Waals surface area contributed by atoms with E-state index in [0.29, 0.717) is 22.2 Å². The van der Waals surface area contributed by atoms with Crippen molar-refractivity contribution in [3.05, 3.63) is 69.7 Å². The SMILES string of the molecule is CC(ON=C(N)c1cccc(Cl)c1)C(=O)NCc1ccccc1Cl. The van der Waals surface area contributed by atoms with Crippen molar-refractivity contribution >= 4 is 34.9 Å². The normalized spacial score (nSPS) is 12.5. The second-order valence-corrected chi connectivity index (χ2v) is 5.89. The first kappa shape index (κ1) is 18.1. The molecule has 3 N–H and O–H groups in total. The van der Waals surface area contributed by atoms with Crippen molar-refractivity contribution in [3.63, 3.8) is 0 Å². The summed E-state index contributed by atoms with van der Waals surface area (Å²) in [5.74, 6) is -0.180. The van der Waals surface area contributed by atoms with E-state index >= 15 is 0 Å². The molecule has 1 unspecified atom stereocenters. The average Bonchev–Trinajstić information content (AvgIpc) is 2.58. The van der Waals surface area contributed by atoms with Crippen molar-refractivity contribution in [1.82, 2.24) is 5.32 Å². The fraction of sp³-hybridized carbons (Fsp3) is 0.176. The Morgan fingerprint density at radius 1 is 1.25 bits per heavy atom. The second-order valence-electron chi connectivity index (χ2n) is 5.04. The van der Waals surface area contributed by atoms with Crippen LogP contribution in [0, 0.1) is 0 Å². The summed E-state index contributed by atoms with van der Waals surface area (Å²) in [6, 6.07) is 14.2. The van der Waals surface area contributed by atoms with Crippen molar-refractivity contribution in [2.75, 3.05) is 0 Å². The Morgan fingerprint density at radius 2 is 2.00 bits per heavy atom. The van der Waals surface area contributed by atoms with Gasteiger partial charge in [-0.05, 0) is 30.7 Å². The van der Waals surface area contributed by atoms with E-state index in [1.54, 1.807) is 37.3 Å². The molecule has 0 aliphatic heterocycles. The lowest BCUT2D eigenvalue weighted by Crippen LogP contribution is -2.33. The van der Waals surface area contributed by atoms with E-state index in [1.165, 1.54) is 0 Å². The van der Waals surface area contributed by atoms with Gasteiger partial charge < -0.3 is 15.9 Å². The lowest BCUT2D eigenvalue weighted by atomic mass is 10.2. The molecule has 0 aromatic heterocycles. The van der Waals surface area contributed by atoms with Gasteiger partial charge in [-0.1, -0.05) is 58.7 Å². The Hall–Kier alpha value is -2.24. The highest BCUT2D eigenvalue weighted by molar-refractivity contribution is 6.31. The van der Waals surface area contributed by atoms with Gasteiger partial charge in [0.25, 0.3) is 5.91 Å². The Bertz CT molecular complexity index is 750. The zero-order valence-electron chi connectivity index (χ0n) is 13.0. The molecule has 126 valence electrons. The minimum atomic E-state index is -0.801. The quantitative estimate of drug-likeness (QED) is 0.468. The number of carbonyl (C=O) groups is 1. The highest BCUT2D eigenvalue weighted by Crippen LogP contribution is 2.14. The first-order valence-corrected chi connectivity index (χ1v) is 7.99. The van der Waals surface area contributed by atoms with E-state index in [0.717, 1.165) is 5.56 Å². The summed E-state index contributed by atoms with van der Waals surface area (Å²) >= 11 is 11.9. The molecule has 0 radical (unpaired) electrons. The number of rotatable bonds is 6. The third-order valence-corrected chi connectivity index (χ3v) is 3.81. The van der Waals surface area contributed by atoms with Crippen LogP contribution in [0.3, 0.4) is 0 Å². The standard InChI is InChI=1S/C17H17Cl2N3O2/c1-11(17(23)21-10-13-5-2-3-8-15(13)19)24-22-16(20)12-6-4-7-14(18)9-12/h2-9,11H,10H2,1H3,(H2,20,22)(H,21,23). The molecule has 0 bridgehead atoms. The Morgan fingerprint density at radius 3 is 2.71 bits per heavy atom. The number of hydrogen-bond acceptors (Lipinski definition) is 3. The Balaban J connectivity index is 1.89. The van der Waals surface area contributed by atoms with Crippen molar-refractivity contribution < 1.29 is 9.63 Å². The van der Waals surface area contributed by atoms with Gasteiger partial charge in [0.1, 0.15) is 0 Å². The van der Waals surface area contributed by atoms with Crippen LogP contribution in [-0.4, -0.2) is 17.8 Å². The third kappa shape index (κ3) is 5.15. The molecule has 0 saturated heterocycles. The smallest absolute Gasteiger partial charge is 0.263 e. The van der Waals surface area contributed by atoms with Gasteiger partial charge in [-0.15, -0.1) is 0 Å². The van der Waals surface area contributed by atoms with Crippen LogP contribution in [0.15, 0.2) is 53.7 Å². The summed E-state index contributed by atoms with van der Waals surface area (Å²) in [4.78, 5) is 17.2. The lowest BCUT2D eigenvalue weighted by Gasteiger charge is -2.12. The molecule has 0 spiro atoms. The van der Waals surface area contributed by atoms with Crippen LogP contribution in [0.2, 0.25) is 10.0 Å². The largest absolute Gasteiger partial charge is 0.381 e. The first-order chi connectivity index (χ1) is 11.5. The fourth-order valence-corrected chi connectivity index (χ4v) is 2.24. The molecule has 1 amide bonds. The summed E-state index contributed by atoms with van der Waals surface area (Å²) in [5, 5.41) is 7.64. The molecular formula is C17H17Cl2N3O2. The number of amidine groups is 1. The van der Waals surface area contributed by atoms with Crippen molar-refractivity contribution in [2.45, 2.75) is 19.6 Å². The molecule has 0 aliphatic rings. The molecule has 1 atom stereocenters. The molecule has 2 rings (SSSR count). The van der Waals surface area contributed by atoms with Gasteiger partial charge in [0, 0.05) is 22.2 Å². The van der Waals surface area contributed by atoms with Crippen LogP contribution < -0.4 is 11.1 Å². The van der Waals surface area contributed by atoms with Crippen LogP contribution in [0.5, 0.6) is 0 Å². The van der Waals surface area contributed by atoms with Gasteiger partial charge in [0.05, 0.1) is 0 Å². The van der Waals surface area contributed by atoms with Crippen LogP contribution in [0.4, 0.5) is 0 Å². The summed E-state index contributed by atoms with van der Waals surface area (Å²) in [7, 11) is 0. The number of carbonyl (C=O) groups excluding carboxylic acids is 1. The molecule has 0 heterocycles. The van der Waals surface area contributed by atoms with Crippen LogP contribution in [0.25, 0.3) is 0 Å². The lowest BCUT2D eigenvalue weighted by molar-refractivity contribution is -0.131. The molecule has 5 nitrogen and oxygen atoms in total. The number of nitrogens with zero attached hydrogens (tertiary/aromatic N) is 1. The molecule has 7 heteroatoms. The minimum Gasteiger partial charge on any atom is -0.381 e. The molecule has 24 heavy (non-hydrogen) atoms. The van der Waals surface area contributed by atoms with Gasteiger partial charge >= 0.3 is 0 Å². The Kier molecular flexibility index (Phi) is 6.46. The third-order valence-electron chi connectivity index (χ3n) is 3.21. The van der Waals surface area contributed by atoms with Gasteiger partial charge in [-0.3, -0.25) is 4.79 Å². The number of oxime groups is 1. The number of benzene rings is 2. The zero-order chi connectivity index (χ0) is 17.5. The molecule has 0 aliphatic carbocycles. The summed E-state index contributed by atoms with van der Waals surface area (Å²) in [6.45, 7) is 1.89. The topological polar surface area (TPSA) is 76.7 Å². The molecule has 0 fully saturated rings. The predicted octanol–water partition coefficient (Wildman–Crippen LogP) is 3.34. The van der Waals surface area contributed by atoms with E-state index in [4.69, 9.17) is 33.8 Å². The average molecular weight is 366 g/mol. The van der Waals surface area contributed by atoms with Crippen LogP contribution in [0.1, 0.15) is 18.1 Å². The highest BCUT2D eigenvalue weighted by atomic mass is 35.5. The molecule has 2 aromatic carbocycles. The van der Waals surface area contributed by atoms with E-state index < -0.39 is 6.10 Å². The van der Waals surface area contributed by atoms with Crippen molar-refractivity contribution in [3.8, 4) is 0 Å².